The molecule has 3 aromatic rings. The zero-order valence-corrected chi connectivity index (χ0v) is 19.6. The number of nitrogens with one attached hydrogen (secondary N) is 4. The molecule has 162 valence electrons. The molecular weight excluding hydrogens is 520 g/mol. The topological polar surface area (TPSA) is 98.4 Å². The Bertz CT molecular complexity index is 1090. The number of benzene rings is 2. The minimum Gasteiger partial charge on any atom is -0.361 e. The van der Waals surface area contributed by atoms with Crippen molar-refractivity contribution in [3.8, 4) is 0 Å². The minimum absolute atomic E-state index is 0. The van der Waals surface area contributed by atoms with Crippen LogP contribution in [0.5, 0.6) is 0 Å². The summed E-state index contributed by atoms with van der Waals surface area (Å²) in [6.07, 6.45) is 2.56. The second-order valence-electron chi connectivity index (χ2n) is 6.39. The first kappa shape index (κ1) is 24.1. The Morgan fingerprint density at radius 1 is 1.07 bits per heavy atom. The predicted octanol–water partition coefficient (Wildman–Crippen LogP) is 2.61. The smallest absolute Gasteiger partial charge is 0.240 e. The summed E-state index contributed by atoms with van der Waals surface area (Å²) < 4.78 is 40.3. The van der Waals surface area contributed by atoms with Crippen molar-refractivity contribution in [2.75, 3.05) is 26.7 Å². The summed E-state index contributed by atoms with van der Waals surface area (Å²) in [7, 11) is -1.88. The lowest BCUT2D eigenvalue weighted by Gasteiger charge is -2.12. The highest BCUT2D eigenvalue weighted by Crippen LogP contribution is 2.19. The van der Waals surface area contributed by atoms with Gasteiger partial charge in [-0.2, -0.15) is 0 Å². The van der Waals surface area contributed by atoms with E-state index in [1.807, 2.05) is 6.20 Å². The molecule has 0 amide bonds. The number of fused-ring (bicyclic) bond motifs is 1. The van der Waals surface area contributed by atoms with Crippen LogP contribution in [0.3, 0.4) is 0 Å². The SMILES string of the molecule is CN=C(NCCNS(=O)(=O)c1ccccc1)NCCc1c[nH]c2ccc(F)cc12.I. The van der Waals surface area contributed by atoms with E-state index in [2.05, 4.69) is 25.3 Å². The van der Waals surface area contributed by atoms with Crippen molar-refractivity contribution in [2.24, 2.45) is 4.99 Å². The molecule has 3 rings (SSSR count). The fourth-order valence-corrected chi connectivity index (χ4v) is 4.00. The maximum absolute atomic E-state index is 13.5. The van der Waals surface area contributed by atoms with Crippen LogP contribution in [0.25, 0.3) is 10.9 Å². The van der Waals surface area contributed by atoms with Crippen LogP contribution in [0, 0.1) is 5.82 Å². The second kappa shape index (κ2) is 11.3. The van der Waals surface area contributed by atoms with Gasteiger partial charge in [0, 0.05) is 43.8 Å². The summed E-state index contributed by atoms with van der Waals surface area (Å²) in [5.74, 6) is 0.302. The highest BCUT2D eigenvalue weighted by Gasteiger charge is 2.12. The molecule has 4 N–H and O–H groups in total. The lowest BCUT2D eigenvalue weighted by atomic mass is 10.1. The van der Waals surface area contributed by atoms with Gasteiger partial charge >= 0.3 is 0 Å². The number of aromatic nitrogens is 1. The lowest BCUT2D eigenvalue weighted by molar-refractivity contribution is 0.580. The molecule has 7 nitrogen and oxygen atoms in total. The zero-order valence-electron chi connectivity index (χ0n) is 16.5. The number of aliphatic imine (C=N–C) groups is 1. The summed E-state index contributed by atoms with van der Waals surface area (Å²) in [5, 5.41) is 7.10. The molecule has 2 aromatic carbocycles. The van der Waals surface area contributed by atoms with Crippen LogP contribution in [0.15, 0.2) is 64.6 Å². The molecule has 0 unspecified atom stereocenters. The monoisotopic (exact) mass is 545 g/mol. The number of halogens is 2. The van der Waals surface area contributed by atoms with Crippen LogP contribution in [0.4, 0.5) is 4.39 Å². The average Bonchev–Trinajstić information content (AvgIpc) is 3.12. The van der Waals surface area contributed by atoms with Gasteiger partial charge in [0.25, 0.3) is 0 Å². The van der Waals surface area contributed by atoms with E-state index in [9.17, 15) is 12.8 Å². The molecule has 0 saturated heterocycles. The molecule has 0 atom stereocenters. The summed E-state index contributed by atoms with van der Waals surface area (Å²) in [5.41, 5.74) is 1.91. The van der Waals surface area contributed by atoms with Crippen LogP contribution < -0.4 is 15.4 Å². The first-order valence-corrected chi connectivity index (χ1v) is 10.7. The highest BCUT2D eigenvalue weighted by molar-refractivity contribution is 14.0. The van der Waals surface area contributed by atoms with Crippen LogP contribution in [0.1, 0.15) is 5.56 Å². The Morgan fingerprint density at radius 3 is 2.53 bits per heavy atom. The molecule has 1 aromatic heterocycles. The van der Waals surface area contributed by atoms with Crippen LogP contribution >= 0.6 is 24.0 Å². The van der Waals surface area contributed by atoms with Gasteiger partial charge < -0.3 is 15.6 Å². The maximum atomic E-state index is 13.5. The van der Waals surface area contributed by atoms with E-state index >= 15 is 0 Å². The fraction of sp³-hybridized carbons (Fsp3) is 0.250. The molecule has 0 aliphatic heterocycles. The number of aromatic amines is 1. The quantitative estimate of drug-likeness (QED) is 0.152. The van der Waals surface area contributed by atoms with Crippen molar-refractivity contribution < 1.29 is 12.8 Å². The Hall–Kier alpha value is -2.18. The van der Waals surface area contributed by atoms with Gasteiger partial charge in [0.2, 0.25) is 10.0 Å². The van der Waals surface area contributed by atoms with Crippen molar-refractivity contribution in [1.29, 1.82) is 0 Å². The van der Waals surface area contributed by atoms with E-state index in [0.717, 1.165) is 16.5 Å². The van der Waals surface area contributed by atoms with E-state index in [4.69, 9.17) is 0 Å². The van der Waals surface area contributed by atoms with Crippen molar-refractivity contribution in [2.45, 2.75) is 11.3 Å². The maximum Gasteiger partial charge on any atom is 0.240 e. The molecule has 0 fully saturated rings. The third-order valence-corrected chi connectivity index (χ3v) is 5.88. The molecule has 10 heteroatoms. The van der Waals surface area contributed by atoms with Crippen molar-refractivity contribution in [3.63, 3.8) is 0 Å². The van der Waals surface area contributed by atoms with E-state index in [1.54, 1.807) is 43.4 Å². The van der Waals surface area contributed by atoms with Crippen molar-refractivity contribution in [1.82, 2.24) is 20.3 Å². The number of hydrogen-bond acceptors (Lipinski definition) is 3. The summed E-state index contributed by atoms with van der Waals surface area (Å²) in [4.78, 5) is 7.49. The van der Waals surface area contributed by atoms with Gasteiger partial charge in [0.05, 0.1) is 4.90 Å². The van der Waals surface area contributed by atoms with E-state index in [0.29, 0.717) is 25.5 Å². The van der Waals surface area contributed by atoms with Gasteiger partial charge in [-0.05, 0) is 42.3 Å². The van der Waals surface area contributed by atoms with Gasteiger partial charge in [-0.1, -0.05) is 18.2 Å². The van der Waals surface area contributed by atoms with E-state index < -0.39 is 10.0 Å². The van der Waals surface area contributed by atoms with Gasteiger partial charge in [-0.25, -0.2) is 17.5 Å². The van der Waals surface area contributed by atoms with Gasteiger partial charge in [-0.3, -0.25) is 4.99 Å². The molecule has 1 heterocycles. The third-order valence-electron chi connectivity index (χ3n) is 4.40. The molecule has 0 aliphatic rings. The highest BCUT2D eigenvalue weighted by atomic mass is 127. The van der Waals surface area contributed by atoms with Gasteiger partial charge in [-0.15, -0.1) is 24.0 Å². The Labute approximate surface area is 192 Å². The molecular formula is C20H25FIN5O2S. The number of sulfonamides is 1. The van der Waals surface area contributed by atoms with Crippen LogP contribution in [0.2, 0.25) is 0 Å². The van der Waals surface area contributed by atoms with Crippen molar-refractivity contribution in [3.05, 3.63) is 66.1 Å². The molecule has 0 bridgehead atoms. The minimum atomic E-state index is -3.52. The third kappa shape index (κ3) is 6.41. The molecule has 0 aliphatic carbocycles. The average molecular weight is 545 g/mol. The Balaban J connectivity index is 0.00000320. The fourth-order valence-electron chi connectivity index (χ4n) is 2.94. The summed E-state index contributed by atoms with van der Waals surface area (Å²) >= 11 is 0. The summed E-state index contributed by atoms with van der Waals surface area (Å²) in [6.45, 7) is 1.20. The number of nitrogens with zero attached hydrogens (tertiary/aromatic N) is 1. The first-order chi connectivity index (χ1) is 14.0. The Kier molecular flexibility index (Phi) is 9.06. The number of hydrogen-bond donors (Lipinski definition) is 4. The van der Waals surface area contributed by atoms with E-state index in [-0.39, 0.29) is 41.2 Å². The van der Waals surface area contributed by atoms with Crippen LogP contribution in [-0.4, -0.2) is 46.0 Å². The number of guanidine groups is 1. The summed E-state index contributed by atoms with van der Waals surface area (Å²) in [6, 6.07) is 12.9. The van der Waals surface area contributed by atoms with E-state index in [1.165, 1.54) is 12.1 Å². The first-order valence-electron chi connectivity index (χ1n) is 9.24. The van der Waals surface area contributed by atoms with Crippen LogP contribution in [-0.2, 0) is 16.4 Å². The second-order valence-corrected chi connectivity index (χ2v) is 8.16. The van der Waals surface area contributed by atoms with Gasteiger partial charge in [0.15, 0.2) is 5.96 Å². The largest absolute Gasteiger partial charge is 0.361 e. The van der Waals surface area contributed by atoms with Gasteiger partial charge in [0.1, 0.15) is 5.82 Å². The Morgan fingerprint density at radius 2 is 1.80 bits per heavy atom. The lowest BCUT2D eigenvalue weighted by Crippen LogP contribution is -2.42. The standard InChI is InChI=1S/C20H24FN5O2S.HI/c1-22-20(24-11-12-26-29(27,28)17-5-3-2-4-6-17)23-10-9-15-14-25-19-8-7-16(21)13-18(15)19;/h2-8,13-14,25-26H,9-12H2,1H3,(H2,22,23,24);1H. The zero-order chi connectivity index (χ0) is 20.7. The number of H-pyrrole nitrogens is 1. The normalized spacial score (nSPS) is 11.9. The molecule has 0 saturated carbocycles. The molecule has 30 heavy (non-hydrogen) atoms. The molecule has 0 spiro atoms. The number of rotatable bonds is 8. The predicted molar refractivity (Wildman–Crippen MR) is 128 cm³/mol. The molecule has 0 radical (unpaired) electrons. The van der Waals surface area contributed by atoms with Crippen molar-refractivity contribution >= 4 is 50.9 Å².